The topological polar surface area (TPSA) is 127 Å². The Labute approximate surface area is 96.4 Å². The second-order valence-corrected chi connectivity index (χ2v) is 3.37. The van der Waals surface area contributed by atoms with Gasteiger partial charge in [0.2, 0.25) is 11.8 Å². The van der Waals surface area contributed by atoms with Gasteiger partial charge in [0.1, 0.15) is 6.04 Å². The second-order valence-electron chi connectivity index (χ2n) is 3.37. The number of carboxylic acid groups (broad SMARTS) is 1. The smallest absolute Gasteiger partial charge is 0.338 e. The third-order valence-electron chi connectivity index (χ3n) is 2.06. The van der Waals surface area contributed by atoms with Gasteiger partial charge in [-0.1, -0.05) is 0 Å². The van der Waals surface area contributed by atoms with Gasteiger partial charge >= 0.3 is 5.97 Å². The van der Waals surface area contributed by atoms with Gasteiger partial charge in [0.05, 0.1) is 18.3 Å². The maximum absolute atomic E-state index is 11.5. The number of carboxylic acids is 1. The first-order valence-electron chi connectivity index (χ1n) is 4.75. The number of hydrogen-bond donors (Lipinski definition) is 3. The maximum atomic E-state index is 11.5. The van der Waals surface area contributed by atoms with Gasteiger partial charge in [0, 0.05) is 6.20 Å². The molecule has 0 radical (unpaired) electrons. The Morgan fingerprint density at radius 3 is 2.71 bits per heavy atom. The van der Waals surface area contributed by atoms with E-state index in [9.17, 15) is 14.4 Å². The van der Waals surface area contributed by atoms with Crippen LogP contribution in [0.1, 0.15) is 23.3 Å². The van der Waals surface area contributed by atoms with Crippen molar-refractivity contribution >= 4 is 17.8 Å². The Morgan fingerprint density at radius 2 is 2.24 bits per heavy atom. The lowest BCUT2D eigenvalue weighted by atomic mass is 10.3. The summed E-state index contributed by atoms with van der Waals surface area (Å²) in [6.45, 7) is 1.26. The van der Waals surface area contributed by atoms with Gasteiger partial charge in [-0.25, -0.2) is 4.79 Å². The molecule has 0 bridgehead atoms. The summed E-state index contributed by atoms with van der Waals surface area (Å²) in [6, 6.07) is -0.720. The zero-order chi connectivity index (χ0) is 13.0. The number of carbonyl (C=O) groups is 3. The minimum absolute atomic E-state index is 0.0143. The molecule has 1 atom stereocenters. The molecule has 1 aromatic heterocycles. The zero-order valence-electron chi connectivity index (χ0n) is 9.08. The van der Waals surface area contributed by atoms with Crippen LogP contribution in [0.15, 0.2) is 12.4 Å². The molecule has 8 nitrogen and oxygen atoms in total. The average Bonchev–Trinajstić information content (AvgIpc) is 2.73. The quantitative estimate of drug-likeness (QED) is 0.592. The van der Waals surface area contributed by atoms with Gasteiger partial charge in [0.15, 0.2) is 0 Å². The van der Waals surface area contributed by atoms with Crippen molar-refractivity contribution in [2.75, 3.05) is 6.54 Å². The van der Waals surface area contributed by atoms with E-state index in [1.807, 2.05) is 0 Å². The number of nitrogens with zero attached hydrogens (tertiary/aromatic N) is 2. The normalized spacial score (nSPS) is 11.8. The van der Waals surface area contributed by atoms with Crippen molar-refractivity contribution in [3.8, 4) is 0 Å². The van der Waals surface area contributed by atoms with Crippen LogP contribution >= 0.6 is 0 Å². The molecule has 0 aliphatic heterocycles. The lowest BCUT2D eigenvalue weighted by Crippen LogP contribution is -2.37. The summed E-state index contributed by atoms with van der Waals surface area (Å²) in [6.07, 6.45) is 2.37. The first-order valence-corrected chi connectivity index (χ1v) is 4.75. The number of primary amides is 1. The van der Waals surface area contributed by atoms with Crippen molar-refractivity contribution in [2.45, 2.75) is 13.0 Å². The highest BCUT2D eigenvalue weighted by atomic mass is 16.4. The summed E-state index contributed by atoms with van der Waals surface area (Å²) in [7, 11) is 0. The minimum atomic E-state index is -1.12. The Bertz CT molecular complexity index is 454. The molecule has 0 aliphatic rings. The van der Waals surface area contributed by atoms with E-state index < -0.39 is 23.8 Å². The summed E-state index contributed by atoms with van der Waals surface area (Å²) < 4.78 is 1.19. The van der Waals surface area contributed by atoms with Crippen molar-refractivity contribution in [3.05, 3.63) is 18.0 Å². The van der Waals surface area contributed by atoms with Crippen LogP contribution in [0.25, 0.3) is 0 Å². The molecule has 92 valence electrons. The fourth-order valence-corrected chi connectivity index (χ4v) is 1.10. The predicted molar refractivity (Wildman–Crippen MR) is 56.1 cm³/mol. The highest BCUT2D eigenvalue weighted by molar-refractivity contribution is 5.87. The van der Waals surface area contributed by atoms with Crippen molar-refractivity contribution in [1.29, 1.82) is 0 Å². The molecule has 0 aromatic carbocycles. The number of nitrogens with one attached hydrogen (secondary N) is 1. The first-order chi connectivity index (χ1) is 7.91. The number of nitrogens with two attached hydrogens (primary N) is 1. The first kappa shape index (κ1) is 12.7. The van der Waals surface area contributed by atoms with Gasteiger partial charge < -0.3 is 16.2 Å². The van der Waals surface area contributed by atoms with Crippen molar-refractivity contribution < 1.29 is 19.5 Å². The molecule has 1 aromatic rings. The lowest BCUT2D eigenvalue weighted by Gasteiger charge is -2.11. The zero-order valence-corrected chi connectivity index (χ0v) is 9.08. The molecule has 4 N–H and O–H groups in total. The summed E-state index contributed by atoms with van der Waals surface area (Å²) >= 11 is 0. The third kappa shape index (κ3) is 3.30. The summed E-state index contributed by atoms with van der Waals surface area (Å²) in [5, 5.41) is 14.7. The fraction of sp³-hybridized carbons (Fsp3) is 0.333. The number of carbonyl (C=O) groups excluding carboxylic acids is 2. The van der Waals surface area contributed by atoms with E-state index in [-0.39, 0.29) is 12.1 Å². The number of aromatic carboxylic acids is 1. The molecular formula is C9H12N4O4. The van der Waals surface area contributed by atoms with Crippen molar-refractivity contribution in [1.82, 2.24) is 15.1 Å². The van der Waals surface area contributed by atoms with Crippen LogP contribution in [0.3, 0.4) is 0 Å². The third-order valence-corrected chi connectivity index (χ3v) is 2.06. The Balaban J connectivity index is 2.67. The van der Waals surface area contributed by atoms with E-state index in [0.717, 1.165) is 6.20 Å². The van der Waals surface area contributed by atoms with Crippen LogP contribution in [0.2, 0.25) is 0 Å². The lowest BCUT2D eigenvalue weighted by molar-refractivity contribution is -0.127. The average molecular weight is 240 g/mol. The monoisotopic (exact) mass is 240 g/mol. The van der Waals surface area contributed by atoms with Crippen LogP contribution in [0, 0.1) is 0 Å². The van der Waals surface area contributed by atoms with Gasteiger partial charge in [-0.3, -0.25) is 14.3 Å². The van der Waals surface area contributed by atoms with Gasteiger partial charge in [-0.15, -0.1) is 0 Å². The molecule has 1 unspecified atom stereocenters. The van der Waals surface area contributed by atoms with E-state index in [1.54, 1.807) is 0 Å². The predicted octanol–water partition coefficient (Wildman–Crippen LogP) is -1.26. The summed E-state index contributed by atoms with van der Waals surface area (Å²) in [5.74, 6) is -2.25. The molecular weight excluding hydrogens is 228 g/mol. The largest absolute Gasteiger partial charge is 0.478 e. The SMILES string of the molecule is CC(C(=O)NCC(N)=O)n1cc(C(=O)O)cn1. The minimum Gasteiger partial charge on any atom is -0.478 e. The Hall–Kier alpha value is -2.38. The van der Waals surface area contributed by atoms with E-state index in [1.165, 1.54) is 17.8 Å². The van der Waals surface area contributed by atoms with E-state index >= 15 is 0 Å². The molecule has 0 aliphatic carbocycles. The summed E-state index contributed by atoms with van der Waals surface area (Å²) in [4.78, 5) is 32.6. The highest BCUT2D eigenvalue weighted by Gasteiger charge is 2.17. The molecule has 0 spiro atoms. The van der Waals surface area contributed by atoms with Crippen LogP contribution in [-0.2, 0) is 9.59 Å². The second kappa shape index (κ2) is 5.10. The fourth-order valence-electron chi connectivity index (χ4n) is 1.10. The van der Waals surface area contributed by atoms with Crippen LogP contribution < -0.4 is 11.1 Å². The Kier molecular flexibility index (Phi) is 3.81. The molecule has 0 saturated heterocycles. The molecule has 1 heterocycles. The molecule has 0 fully saturated rings. The summed E-state index contributed by atoms with van der Waals surface area (Å²) in [5.41, 5.74) is 4.86. The number of hydrogen-bond acceptors (Lipinski definition) is 4. The molecule has 17 heavy (non-hydrogen) atoms. The van der Waals surface area contributed by atoms with E-state index in [2.05, 4.69) is 10.4 Å². The molecule has 8 heteroatoms. The van der Waals surface area contributed by atoms with Gasteiger partial charge in [0.25, 0.3) is 0 Å². The van der Waals surface area contributed by atoms with Gasteiger partial charge in [-0.2, -0.15) is 5.10 Å². The van der Waals surface area contributed by atoms with Crippen LogP contribution in [-0.4, -0.2) is 39.2 Å². The van der Waals surface area contributed by atoms with E-state index in [4.69, 9.17) is 10.8 Å². The number of aromatic nitrogens is 2. The van der Waals surface area contributed by atoms with Crippen molar-refractivity contribution in [2.24, 2.45) is 5.73 Å². The maximum Gasteiger partial charge on any atom is 0.338 e. The molecule has 1 rings (SSSR count). The molecule has 0 saturated carbocycles. The highest BCUT2D eigenvalue weighted by Crippen LogP contribution is 2.06. The van der Waals surface area contributed by atoms with E-state index in [0.29, 0.717) is 0 Å². The Morgan fingerprint density at radius 1 is 1.59 bits per heavy atom. The standard InChI is InChI=1S/C9H12N4O4/c1-5(8(15)11-3-7(10)14)13-4-6(2-12-13)9(16)17/h2,4-5H,3H2,1H3,(H2,10,14)(H,11,15)(H,16,17). The number of rotatable bonds is 5. The van der Waals surface area contributed by atoms with Crippen LogP contribution in [0.5, 0.6) is 0 Å². The van der Waals surface area contributed by atoms with Gasteiger partial charge in [-0.05, 0) is 6.92 Å². The molecule has 2 amide bonds. The number of amides is 2. The van der Waals surface area contributed by atoms with Crippen molar-refractivity contribution in [3.63, 3.8) is 0 Å². The van der Waals surface area contributed by atoms with Crippen LogP contribution in [0.4, 0.5) is 0 Å².